The number of nitrogens with zero attached hydrogens (tertiary/aromatic N) is 1. The number of ether oxygens (including phenoxy) is 1. The number of halogens is 1. The Bertz CT molecular complexity index is 430. The van der Waals surface area contributed by atoms with E-state index in [1.807, 2.05) is 38.2 Å². The van der Waals surface area contributed by atoms with Crippen LogP contribution < -0.4 is 0 Å². The van der Waals surface area contributed by atoms with Gasteiger partial charge in [0.1, 0.15) is 6.10 Å². The Morgan fingerprint density at radius 1 is 1.56 bits per heavy atom. The van der Waals surface area contributed by atoms with Crippen LogP contribution in [-0.4, -0.2) is 30.6 Å². The normalized spacial score (nSPS) is 20.7. The molecule has 2 unspecified atom stereocenters. The summed E-state index contributed by atoms with van der Waals surface area (Å²) in [5.74, 6) is 0.0555. The summed E-state index contributed by atoms with van der Waals surface area (Å²) < 4.78 is 5.43. The van der Waals surface area contributed by atoms with Crippen molar-refractivity contribution in [2.75, 3.05) is 13.7 Å². The molecule has 0 N–H and O–H groups in total. The summed E-state index contributed by atoms with van der Waals surface area (Å²) in [6.07, 6.45) is 1.53. The third-order valence-corrected chi connectivity index (χ3v) is 3.70. The maximum atomic E-state index is 12.2. The van der Waals surface area contributed by atoms with Crippen molar-refractivity contribution < 1.29 is 9.53 Å². The highest BCUT2D eigenvalue weighted by molar-refractivity contribution is 6.30. The fourth-order valence-electron chi connectivity index (χ4n) is 2.18. The monoisotopic (exact) mass is 267 g/mol. The van der Waals surface area contributed by atoms with Gasteiger partial charge in [-0.1, -0.05) is 23.7 Å². The van der Waals surface area contributed by atoms with Crippen LogP contribution in [0.2, 0.25) is 5.02 Å². The first-order chi connectivity index (χ1) is 8.59. The molecule has 2 rings (SSSR count). The quantitative estimate of drug-likeness (QED) is 0.842. The van der Waals surface area contributed by atoms with Crippen molar-refractivity contribution in [2.45, 2.75) is 31.9 Å². The summed E-state index contributed by atoms with van der Waals surface area (Å²) in [5.41, 5.74) is 1.04. The zero-order valence-corrected chi connectivity index (χ0v) is 11.5. The topological polar surface area (TPSA) is 29.5 Å². The molecule has 2 atom stereocenters. The highest BCUT2D eigenvalue weighted by atomic mass is 35.5. The van der Waals surface area contributed by atoms with Gasteiger partial charge in [-0.15, -0.1) is 0 Å². The Morgan fingerprint density at radius 3 is 2.94 bits per heavy atom. The van der Waals surface area contributed by atoms with Crippen molar-refractivity contribution in [1.29, 1.82) is 0 Å². The molecule has 1 aliphatic heterocycles. The maximum Gasteiger partial charge on any atom is 0.251 e. The van der Waals surface area contributed by atoms with E-state index in [0.29, 0.717) is 11.6 Å². The molecule has 0 bridgehead atoms. The van der Waals surface area contributed by atoms with E-state index in [0.717, 1.165) is 18.4 Å². The molecule has 0 saturated carbocycles. The Kier molecular flexibility index (Phi) is 4.25. The number of amides is 1. The van der Waals surface area contributed by atoms with Crippen LogP contribution in [-0.2, 0) is 9.53 Å². The highest BCUT2D eigenvalue weighted by Gasteiger charge is 2.29. The van der Waals surface area contributed by atoms with Gasteiger partial charge in [-0.25, -0.2) is 0 Å². The van der Waals surface area contributed by atoms with Crippen LogP contribution in [0.1, 0.15) is 31.4 Å². The van der Waals surface area contributed by atoms with Crippen LogP contribution in [0.5, 0.6) is 0 Å². The molecule has 0 spiro atoms. The van der Waals surface area contributed by atoms with Crippen molar-refractivity contribution in [3.05, 3.63) is 34.9 Å². The predicted octanol–water partition coefficient (Wildman–Crippen LogP) is 3.04. The summed E-state index contributed by atoms with van der Waals surface area (Å²) in [6, 6.07) is 7.61. The molecule has 0 aromatic heterocycles. The van der Waals surface area contributed by atoms with Gasteiger partial charge in [-0.2, -0.15) is 0 Å². The van der Waals surface area contributed by atoms with Gasteiger partial charge in [0.15, 0.2) is 0 Å². The van der Waals surface area contributed by atoms with Crippen LogP contribution in [0.4, 0.5) is 0 Å². The minimum atomic E-state index is -0.267. The van der Waals surface area contributed by atoms with E-state index < -0.39 is 0 Å². The van der Waals surface area contributed by atoms with Crippen LogP contribution in [0.25, 0.3) is 0 Å². The van der Waals surface area contributed by atoms with E-state index in [1.165, 1.54) is 0 Å². The van der Waals surface area contributed by atoms with E-state index >= 15 is 0 Å². The van der Waals surface area contributed by atoms with Gasteiger partial charge in [0.2, 0.25) is 0 Å². The average Bonchev–Trinajstić information content (AvgIpc) is 2.90. The fraction of sp³-hybridized carbons (Fsp3) is 0.500. The molecule has 18 heavy (non-hydrogen) atoms. The lowest BCUT2D eigenvalue weighted by Gasteiger charge is -2.27. The second-order valence-corrected chi connectivity index (χ2v) is 5.12. The van der Waals surface area contributed by atoms with Gasteiger partial charge < -0.3 is 9.64 Å². The Labute approximate surface area is 113 Å². The molecule has 3 nitrogen and oxygen atoms in total. The van der Waals surface area contributed by atoms with Crippen LogP contribution >= 0.6 is 11.6 Å². The number of hydrogen-bond acceptors (Lipinski definition) is 2. The van der Waals surface area contributed by atoms with Crippen LogP contribution in [0.15, 0.2) is 24.3 Å². The SMILES string of the molecule is CC(c1cccc(Cl)c1)N(C)C(=O)C1CCCO1. The van der Waals surface area contributed by atoms with Crippen molar-refractivity contribution in [3.8, 4) is 0 Å². The van der Waals surface area contributed by atoms with Gasteiger partial charge in [0, 0.05) is 18.7 Å². The number of rotatable bonds is 3. The van der Waals surface area contributed by atoms with Crippen molar-refractivity contribution >= 4 is 17.5 Å². The molecule has 1 saturated heterocycles. The summed E-state index contributed by atoms with van der Waals surface area (Å²) in [4.78, 5) is 14.0. The molecule has 1 heterocycles. The Morgan fingerprint density at radius 2 is 2.33 bits per heavy atom. The number of benzene rings is 1. The number of likely N-dealkylation sites (N-methyl/N-ethyl adjacent to an activating group) is 1. The Balaban J connectivity index is 2.08. The Hall–Kier alpha value is -1.06. The smallest absolute Gasteiger partial charge is 0.251 e. The molecule has 1 aliphatic rings. The summed E-state index contributed by atoms with van der Waals surface area (Å²) >= 11 is 5.97. The molecular formula is C14H18ClNO2. The summed E-state index contributed by atoms with van der Waals surface area (Å²) in [7, 11) is 1.82. The molecule has 1 amide bonds. The third kappa shape index (κ3) is 2.85. The van der Waals surface area contributed by atoms with Gasteiger partial charge in [-0.3, -0.25) is 4.79 Å². The van der Waals surface area contributed by atoms with Crippen molar-refractivity contribution in [3.63, 3.8) is 0 Å². The molecule has 0 radical (unpaired) electrons. The lowest BCUT2D eigenvalue weighted by Crippen LogP contribution is -2.37. The van der Waals surface area contributed by atoms with E-state index in [-0.39, 0.29) is 18.1 Å². The third-order valence-electron chi connectivity index (χ3n) is 3.46. The summed E-state index contributed by atoms with van der Waals surface area (Å²) in [6.45, 7) is 2.69. The molecular weight excluding hydrogens is 250 g/mol. The predicted molar refractivity (Wildman–Crippen MR) is 71.6 cm³/mol. The summed E-state index contributed by atoms with van der Waals surface area (Å²) in [5, 5.41) is 0.692. The molecule has 1 aromatic rings. The largest absolute Gasteiger partial charge is 0.368 e. The lowest BCUT2D eigenvalue weighted by molar-refractivity contribution is -0.141. The van der Waals surface area contributed by atoms with E-state index in [9.17, 15) is 4.79 Å². The lowest BCUT2D eigenvalue weighted by atomic mass is 10.1. The van der Waals surface area contributed by atoms with Gasteiger partial charge in [0.05, 0.1) is 6.04 Å². The van der Waals surface area contributed by atoms with Crippen molar-refractivity contribution in [2.24, 2.45) is 0 Å². The van der Waals surface area contributed by atoms with E-state index in [1.54, 1.807) is 4.90 Å². The zero-order chi connectivity index (χ0) is 13.1. The van der Waals surface area contributed by atoms with Gasteiger partial charge in [0.25, 0.3) is 5.91 Å². The molecule has 98 valence electrons. The van der Waals surface area contributed by atoms with Crippen LogP contribution in [0, 0.1) is 0 Å². The average molecular weight is 268 g/mol. The first-order valence-electron chi connectivity index (χ1n) is 6.23. The minimum Gasteiger partial charge on any atom is -0.368 e. The standard InChI is InChI=1S/C14H18ClNO2/c1-10(11-5-3-6-12(15)9-11)16(2)14(17)13-7-4-8-18-13/h3,5-6,9-10,13H,4,7-8H2,1-2H3. The number of hydrogen-bond donors (Lipinski definition) is 0. The van der Waals surface area contributed by atoms with Crippen LogP contribution in [0.3, 0.4) is 0 Å². The zero-order valence-electron chi connectivity index (χ0n) is 10.7. The number of carbonyl (C=O) groups is 1. The molecule has 1 fully saturated rings. The van der Waals surface area contributed by atoms with E-state index in [4.69, 9.17) is 16.3 Å². The second-order valence-electron chi connectivity index (χ2n) is 4.68. The minimum absolute atomic E-state index is 0.000370. The maximum absolute atomic E-state index is 12.2. The highest BCUT2D eigenvalue weighted by Crippen LogP contribution is 2.24. The number of carbonyl (C=O) groups excluding carboxylic acids is 1. The molecule has 0 aliphatic carbocycles. The first-order valence-corrected chi connectivity index (χ1v) is 6.61. The van der Waals surface area contributed by atoms with Crippen molar-refractivity contribution in [1.82, 2.24) is 4.90 Å². The molecule has 4 heteroatoms. The van der Waals surface area contributed by atoms with E-state index in [2.05, 4.69) is 0 Å². The first kappa shape index (κ1) is 13.4. The fourth-order valence-corrected chi connectivity index (χ4v) is 2.38. The van der Waals surface area contributed by atoms with Gasteiger partial charge >= 0.3 is 0 Å². The molecule has 1 aromatic carbocycles. The van der Waals surface area contributed by atoms with Gasteiger partial charge in [-0.05, 0) is 37.5 Å². The second kappa shape index (κ2) is 5.72.